The molecule has 2 aliphatic rings. The number of ketones is 1. The number of aromatic hydroxyl groups is 1. The van der Waals surface area contributed by atoms with E-state index < -0.39 is 11.9 Å². The lowest BCUT2D eigenvalue weighted by molar-refractivity contribution is -0.139. The first-order chi connectivity index (χ1) is 13.9. The quantitative estimate of drug-likeness (QED) is 0.526. The van der Waals surface area contributed by atoms with Gasteiger partial charge in [0.05, 0.1) is 24.3 Å². The number of benzene rings is 1. The van der Waals surface area contributed by atoms with Gasteiger partial charge < -0.3 is 19.9 Å². The fourth-order valence-corrected chi connectivity index (χ4v) is 4.11. The molecule has 0 unspecified atom stereocenters. The topological polar surface area (TPSA) is 84.9 Å². The van der Waals surface area contributed by atoms with Gasteiger partial charge in [0.1, 0.15) is 0 Å². The molecule has 1 aromatic rings. The number of dihydropyridines is 1. The van der Waals surface area contributed by atoms with Crippen LogP contribution in [0.4, 0.5) is 0 Å². The highest BCUT2D eigenvalue weighted by molar-refractivity contribution is 6.32. The normalized spacial score (nSPS) is 19.0. The van der Waals surface area contributed by atoms with E-state index in [1.165, 1.54) is 7.11 Å². The van der Waals surface area contributed by atoms with Crippen LogP contribution in [0, 0.1) is 0 Å². The van der Waals surface area contributed by atoms with Crippen molar-refractivity contribution in [1.82, 2.24) is 5.32 Å². The van der Waals surface area contributed by atoms with Crippen LogP contribution in [0.5, 0.6) is 11.5 Å². The second-order valence-electron chi connectivity index (χ2n) is 7.31. The third kappa shape index (κ3) is 4.13. The first-order valence-corrected chi connectivity index (χ1v) is 10.2. The van der Waals surface area contributed by atoms with Crippen molar-refractivity contribution in [3.05, 3.63) is 45.3 Å². The second kappa shape index (κ2) is 8.91. The first-order valence-electron chi connectivity index (χ1n) is 9.86. The van der Waals surface area contributed by atoms with Crippen molar-refractivity contribution in [2.24, 2.45) is 0 Å². The number of nitrogens with one attached hydrogen (secondary N) is 1. The van der Waals surface area contributed by atoms with Gasteiger partial charge in [-0.25, -0.2) is 4.79 Å². The number of carbonyl (C=O) groups is 2. The average molecular weight is 420 g/mol. The van der Waals surface area contributed by atoms with Crippen molar-refractivity contribution in [2.75, 3.05) is 13.7 Å². The highest BCUT2D eigenvalue weighted by Gasteiger charge is 2.39. The molecule has 0 saturated heterocycles. The number of rotatable bonds is 6. The number of unbranched alkanes of at least 4 members (excludes halogenated alkanes) is 1. The summed E-state index contributed by atoms with van der Waals surface area (Å²) >= 11 is 6.22. The summed E-state index contributed by atoms with van der Waals surface area (Å²) in [6, 6.07) is 3.20. The predicted octanol–water partition coefficient (Wildman–Crippen LogP) is 4.37. The molecule has 3 rings (SSSR count). The Balaban J connectivity index is 2.13. The van der Waals surface area contributed by atoms with Crippen molar-refractivity contribution in [3.8, 4) is 11.5 Å². The number of methoxy groups -OCH3 is 1. The summed E-state index contributed by atoms with van der Waals surface area (Å²) in [5.74, 6) is -1.07. The van der Waals surface area contributed by atoms with E-state index in [-0.39, 0.29) is 22.3 Å². The smallest absolute Gasteiger partial charge is 0.336 e. The molecule has 156 valence electrons. The zero-order valence-corrected chi connectivity index (χ0v) is 17.7. The Hall–Kier alpha value is -2.47. The van der Waals surface area contributed by atoms with Crippen molar-refractivity contribution in [2.45, 2.75) is 51.9 Å². The maximum Gasteiger partial charge on any atom is 0.336 e. The van der Waals surface area contributed by atoms with Gasteiger partial charge in [-0.15, -0.1) is 0 Å². The zero-order valence-electron chi connectivity index (χ0n) is 16.9. The summed E-state index contributed by atoms with van der Waals surface area (Å²) in [5.41, 5.74) is 3.05. The van der Waals surface area contributed by atoms with Gasteiger partial charge in [-0.05, 0) is 43.9 Å². The molecule has 7 heteroatoms. The lowest BCUT2D eigenvalue weighted by Gasteiger charge is -2.34. The fraction of sp³-hybridized carbons (Fsp3) is 0.455. The van der Waals surface area contributed by atoms with Gasteiger partial charge >= 0.3 is 5.97 Å². The van der Waals surface area contributed by atoms with Gasteiger partial charge in [-0.2, -0.15) is 0 Å². The van der Waals surface area contributed by atoms with Crippen LogP contribution in [0.2, 0.25) is 5.02 Å². The van der Waals surface area contributed by atoms with Gasteiger partial charge in [0.15, 0.2) is 17.3 Å². The number of esters is 1. The number of carbonyl (C=O) groups excluding carboxylic acids is 2. The molecule has 0 saturated carbocycles. The standard InChI is InChI=1S/C22H26ClNO5/c1-4-5-9-29-22(27)18-12(2)24-15-7-6-8-16(25)20(15)19(18)13-10-14(23)21(26)17(11-13)28-3/h10-11,19,24,26H,4-9H2,1-3H3/t19-/m0/s1. The summed E-state index contributed by atoms with van der Waals surface area (Å²) in [7, 11) is 1.43. The van der Waals surface area contributed by atoms with Crippen molar-refractivity contribution in [1.29, 1.82) is 0 Å². The minimum absolute atomic E-state index is 0.00160. The van der Waals surface area contributed by atoms with Crippen molar-refractivity contribution in [3.63, 3.8) is 0 Å². The van der Waals surface area contributed by atoms with Crippen LogP contribution in [-0.2, 0) is 14.3 Å². The van der Waals surface area contributed by atoms with E-state index in [0.29, 0.717) is 35.4 Å². The largest absolute Gasteiger partial charge is 0.503 e. The molecule has 2 N–H and O–H groups in total. The molecule has 1 aliphatic heterocycles. The van der Waals surface area contributed by atoms with E-state index in [1.807, 2.05) is 13.8 Å². The molecular formula is C22H26ClNO5. The number of phenolic OH excluding ortho intramolecular Hbond substituents is 1. The summed E-state index contributed by atoms with van der Waals surface area (Å²) in [4.78, 5) is 25.9. The number of halogens is 1. The Morgan fingerprint density at radius 3 is 2.79 bits per heavy atom. The molecule has 0 spiro atoms. The number of ether oxygens (including phenoxy) is 2. The van der Waals surface area contributed by atoms with E-state index in [1.54, 1.807) is 12.1 Å². The van der Waals surface area contributed by atoms with Crippen molar-refractivity contribution < 1.29 is 24.2 Å². The summed E-state index contributed by atoms with van der Waals surface area (Å²) in [6.07, 6.45) is 3.60. The van der Waals surface area contributed by atoms with Crippen LogP contribution in [0.15, 0.2) is 34.7 Å². The lowest BCUT2D eigenvalue weighted by Crippen LogP contribution is -2.34. The number of allylic oxidation sites excluding steroid dienone is 3. The van der Waals surface area contributed by atoms with E-state index in [9.17, 15) is 14.7 Å². The second-order valence-corrected chi connectivity index (χ2v) is 7.72. The lowest BCUT2D eigenvalue weighted by atomic mass is 9.75. The average Bonchev–Trinajstić information content (AvgIpc) is 2.69. The van der Waals surface area contributed by atoms with E-state index in [4.69, 9.17) is 21.1 Å². The van der Waals surface area contributed by atoms with E-state index in [0.717, 1.165) is 31.4 Å². The van der Waals surface area contributed by atoms with Crippen LogP contribution < -0.4 is 10.1 Å². The van der Waals surface area contributed by atoms with Crippen LogP contribution in [0.1, 0.15) is 57.4 Å². The van der Waals surface area contributed by atoms with Crippen molar-refractivity contribution >= 4 is 23.4 Å². The Bertz CT molecular complexity index is 903. The fourth-order valence-electron chi connectivity index (χ4n) is 3.89. The van der Waals surface area contributed by atoms with Crippen LogP contribution in [0.25, 0.3) is 0 Å². The molecule has 6 nitrogen and oxygen atoms in total. The molecule has 29 heavy (non-hydrogen) atoms. The monoisotopic (exact) mass is 419 g/mol. The Morgan fingerprint density at radius 1 is 1.34 bits per heavy atom. The predicted molar refractivity (Wildman–Crippen MR) is 110 cm³/mol. The first kappa shape index (κ1) is 21.2. The molecule has 1 aromatic carbocycles. The molecule has 1 heterocycles. The molecule has 0 fully saturated rings. The van der Waals surface area contributed by atoms with Crippen LogP contribution in [0.3, 0.4) is 0 Å². The van der Waals surface area contributed by atoms with Gasteiger partial charge in [0, 0.05) is 29.3 Å². The summed E-state index contributed by atoms with van der Waals surface area (Å²) in [5, 5.41) is 13.5. The molecule has 0 radical (unpaired) electrons. The third-order valence-corrected chi connectivity index (χ3v) is 5.62. The minimum Gasteiger partial charge on any atom is -0.503 e. The highest BCUT2D eigenvalue weighted by atomic mass is 35.5. The number of hydrogen-bond donors (Lipinski definition) is 2. The molecule has 0 amide bonds. The van der Waals surface area contributed by atoms with Crippen LogP contribution >= 0.6 is 11.6 Å². The maximum absolute atomic E-state index is 13.0. The summed E-state index contributed by atoms with van der Waals surface area (Å²) < 4.78 is 10.7. The van der Waals surface area contributed by atoms with E-state index in [2.05, 4.69) is 5.32 Å². The number of hydrogen-bond acceptors (Lipinski definition) is 6. The summed E-state index contributed by atoms with van der Waals surface area (Å²) in [6.45, 7) is 4.15. The Labute approximate surface area is 175 Å². The number of phenols is 1. The number of Topliss-reactive ketones (excluding diaryl/α,β-unsaturated/α-hetero) is 1. The molecule has 0 aromatic heterocycles. The van der Waals surface area contributed by atoms with Gasteiger partial charge in [-0.1, -0.05) is 24.9 Å². The van der Waals surface area contributed by atoms with E-state index >= 15 is 0 Å². The molecule has 1 atom stereocenters. The highest BCUT2D eigenvalue weighted by Crippen LogP contribution is 2.46. The molecule has 0 bridgehead atoms. The molecule has 1 aliphatic carbocycles. The van der Waals surface area contributed by atoms with Gasteiger partial charge in [-0.3, -0.25) is 4.79 Å². The SMILES string of the molecule is CCCCOC(=O)C1=C(C)NC2=C(C(=O)CCC2)[C@H]1c1cc(Cl)c(O)c(OC)c1. The maximum atomic E-state index is 13.0. The minimum atomic E-state index is -0.625. The Kier molecular flexibility index (Phi) is 6.52. The zero-order chi connectivity index (χ0) is 21.1. The van der Waals surface area contributed by atoms with Crippen LogP contribution in [-0.4, -0.2) is 30.6 Å². The Morgan fingerprint density at radius 2 is 2.10 bits per heavy atom. The third-order valence-electron chi connectivity index (χ3n) is 5.33. The van der Waals surface area contributed by atoms with Gasteiger partial charge in [0.25, 0.3) is 0 Å². The van der Waals surface area contributed by atoms with Gasteiger partial charge in [0.2, 0.25) is 0 Å². The molecular weight excluding hydrogens is 394 g/mol.